The van der Waals surface area contributed by atoms with E-state index in [1.54, 1.807) is 18.3 Å². The number of rotatable bonds is 3. The molecule has 174 valence electrons. The second-order valence-electron chi connectivity index (χ2n) is 9.44. The number of phenols is 1. The van der Waals surface area contributed by atoms with Gasteiger partial charge in [0.2, 0.25) is 0 Å². The van der Waals surface area contributed by atoms with E-state index in [9.17, 15) is 5.11 Å². The predicted octanol–water partition coefficient (Wildman–Crippen LogP) is 6.25. The van der Waals surface area contributed by atoms with Gasteiger partial charge in [0.15, 0.2) is 5.11 Å². The summed E-state index contributed by atoms with van der Waals surface area (Å²) < 4.78 is 0. The molecule has 2 atom stereocenters. The number of hydrogen-bond donors (Lipinski definition) is 2. The quantitative estimate of drug-likeness (QED) is 0.423. The van der Waals surface area contributed by atoms with Crippen LogP contribution in [0.15, 0.2) is 66.9 Å². The Labute approximate surface area is 210 Å². The Kier molecular flexibility index (Phi) is 5.53. The van der Waals surface area contributed by atoms with Crippen LogP contribution in [0.4, 0.5) is 11.4 Å². The van der Waals surface area contributed by atoms with Crippen molar-refractivity contribution in [1.82, 2.24) is 10.3 Å². The number of anilines is 2. The third-order valence-electron chi connectivity index (χ3n) is 6.88. The molecule has 5 rings (SSSR count). The average Bonchev–Trinajstić information content (AvgIpc) is 3.15. The number of likely N-dealkylation sites (N-methyl/N-ethyl adjacent to an activating group) is 1. The monoisotopic (exact) mass is 490 g/mol. The Morgan fingerprint density at radius 1 is 1.12 bits per heavy atom. The van der Waals surface area contributed by atoms with Crippen molar-refractivity contribution in [2.45, 2.75) is 38.4 Å². The molecule has 0 amide bonds. The van der Waals surface area contributed by atoms with Crippen LogP contribution in [0.2, 0.25) is 5.02 Å². The van der Waals surface area contributed by atoms with Crippen LogP contribution >= 0.6 is 23.8 Å². The minimum Gasteiger partial charge on any atom is -0.508 e. The molecule has 3 heterocycles. The van der Waals surface area contributed by atoms with E-state index in [4.69, 9.17) is 23.8 Å². The van der Waals surface area contributed by atoms with Crippen LogP contribution in [0.25, 0.3) is 5.57 Å². The van der Waals surface area contributed by atoms with Gasteiger partial charge in [-0.3, -0.25) is 4.98 Å². The van der Waals surface area contributed by atoms with Gasteiger partial charge in [0.25, 0.3) is 0 Å². The molecule has 5 nitrogen and oxygen atoms in total. The van der Waals surface area contributed by atoms with Crippen molar-refractivity contribution < 1.29 is 5.11 Å². The van der Waals surface area contributed by atoms with Crippen LogP contribution in [0.5, 0.6) is 5.75 Å². The summed E-state index contributed by atoms with van der Waals surface area (Å²) in [4.78, 5) is 8.95. The van der Waals surface area contributed by atoms with Crippen LogP contribution in [-0.4, -0.2) is 27.8 Å². The van der Waals surface area contributed by atoms with Gasteiger partial charge in [-0.1, -0.05) is 23.7 Å². The largest absolute Gasteiger partial charge is 0.508 e. The van der Waals surface area contributed by atoms with Gasteiger partial charge in [-0.15, -0.1) is 0 Å². The highest BCUT2D eigenvalue weighted by Gasteiger charge is 2.42. The number of nitrogens with one attached hydrogen (secondary N) is 1. The number of aromatic nitrogens is 1. The summed E-state index contributed by atoms with van der Waals surface area (Å²) >= 11 is 12.8. The maximum Gasteiger partial charge on any atom is 0.174 e. The van der Waals surface area contributed by atoms with Crippen molar-refractivity contribution in [2.24, 2.45) is 0 Å². The smallest absolute Gasteiger partial charge is 0.174 e. The summed E-state index contributed by atoms with van der Waals surface area (Å²) in [6.07, 6.45) is 4.08. The first-order valence-corrected chi connectivity index (χ1v) is 12.0. The molecule has 0 unspecified atom stereocenters. The number of pyridine rings is 1. The Morgan fingerprint density at radius 2 is 1.85 bits per heavy atom. The molecule has 7 heteroatoms. The summed E-state index contributed by atoms with van der Waals surface area (Å²) in [6, 6.07) is 16.8. The van der Waals surface area contributed by atoms with Gasteiger partial charge in [-0.05, 0) is 92.7 Å². The number of allylic oxidation sites excluding steroid dienone is 1. The molecular formula is C27H27ClN4OS. The van der Waals surface area contributed by atoms with Crippen LogP contribution in [0, 0.1) is 0 Å². The summed E-state index contributed by atoms with van der Waals surface area (Å²) in [7, 11) is 2.10. The lowest BCUT2D eigenvalue weighted by Gasteiger charge is -2.41. The van der Waals surface area contributed by atoms with Crippen molar-refractivity contribution in [3.63, 3.8) is 0 Å². The van der Waals surface area contributed by atoms with Gasteiger partial charge in [-0.25, -0.2) is 0 Å². The molecule has 34 heavy (non-hydrogen) atoms. The highest BCUT2D eigenvalue weighted by atomic mass is 35.5. The minimum atomic E-state index is -0.224. The molecule has 0 radical (unpaired) electrons. The molecule has 0 spiro atoms. The van der Waals surface area contributed by atoms with Crippen LogP contribution in [0.1, 0.15) is 49.7 Å². The van der Waals surface area contributed by atoms with Crippen molar-refractivity contribution in [2.75, 3.05) is 16.8 Å². The summed E-state index contributed by atoms with van der Waals surface area (Å²) in [5.41, 5.74) is 6.11. The van der Waals surface area contributed by atoms with E-state index in [2.05, 4.69) is 66.1 Å². The van der Waals surface area contributed by atoms with Crippen LogP contribution in [0.3, 0.4) is 0 Å². The fourth-order valence-corrected chi connectivity index (χ4v) is 5.59. The van der Waals surface area contributed by atoms with E-state index in [1.165, 1.54) is 5.57 Å². The topological polar surface area (TPSA) is 51.6 Å². The lowest BCUT2D eigenvalue weighted by atomic mass is 9.86. The first-order valence-electron chi connectivity index (χ1n) is 11.2. The Hall–Kier alpha value is -3.09. The third kappa shape index (κ3) is 3.71. The molecule has 0 bridgehead atoms. The standard InChI is InChI=1S/C27H27ClN4OS/c1-16-15-27(2,3)31(4)23-14-21(28)20(13-19(16)23)25-24(22-7-5-6-12-29-22)30-26(34)32(25)17-8-10-18(33)11-9-17/h5-15,24-25,33H,1-4H3,(H,30,34)/t24-,25-/m1/s1. The van der Waals surface area contributed by atoms with Gasteiger partial charge < -0.3 is 20.2 Å². The summed E-state index contributed by atoms with van der Waals surface area (Å²) in [5, 5.41) is 14.6. The lowest BCUT2D eigenvalue weighted by Crippen LogP contribution is -2.42. The van der Waals surface area contributed by atoms with E-state index < -0.39 is 0 Å². The van der Waals surface area contributed by atoms with Gasteiger partial charge in [0, 0.05) is 35.2 Å². The Morgan fingerprint density at radius 3 is 2.53 bits per heavy atom. The number of thiocarbonyl (C=S) groups is 1. The van der Waals surface area contributed by atoms with Crippen molar-refractivity contribution in [1.29, 1.82) is 0 Å². The molecule has 2 aliphatic heterocycles. The summed E-state index contributed by atoms with van der Waals surface area (Å²) in [6.45, 7) is 6.55. The first-order chi connectivity index (χ1) is 16.2. The number of benzene rings is 2. The predicted molar refractivity (Wildman–Crippen MR) is 144 cm³/mol. The van der Waals surface area contributed by atoms with E-state index >= 15 is 0 Å². The second kappa shape index (κ2) is 8.29. The zero-order valence-corrected chi connectivity index (χ0v) is 21.2. The molecule has 2 aliphatic rings. The minimum absolute atomic E-state index is 0.104. The average molecular weight is 491 g/mol. The van der Waals surface area contributed by atoms with E-state index in [-0.39, 0.29) is 23.4 Å². The van der Waals surface area contributed by atoms with E-state index in [0.717, 1.165) is 28.2 Å². The highest BCUT2D eigenvalue weighted by molar-refractivity contribution is 7.80. The molecule has 1 aromatic heterocycles. The SMILES string of the molecule is CC1=CC(C)(C)N(C)c2cc(Cl)c([C@@H]3[C@@H](c4ccccn4)NC(=S)N3c3ccc(O)cc3)cc21. The highest BCUT2D eigenvalue weighted by Crippen LogP contribution is 2.47. The number of phenolic OH excluding ortho intramolecular Hbond substituents is 1. The number of hydrogen-bond acceptors (Lipinski definition) is 4. The van der Waals surface area contributed by atoms with E-state index in [0.29, 0.717) is 10.1 Å². The fraction of sp³-hybridized carbons (Fsp3) is 0.259. The fourth-order valence-electron chi connectivity index (χ4n) is 4.98. The summed E-state index contributed by atoms with van der Waals surface area (Å²) in [5.74, 6) is 0.206. The number of nitrogens with zero attached hydrogens (tertiary/aromatic N) is 3. The molecular weight excluding hydrogens is 464 g/mol. The van der Waals surface area contributed by atoms with Gasteiger partial charge in [0.05, 0.1) is 23.3 Å². The Balaban J connectivity index is 1.70. The molecule has 2 N–H and O–H groups in total. The van der Waals surface area contributed by atoms with Crippen molar-refractivity contribution in [3.05, 3.63) is 88.7 Å². The van der Waals surface area contributed by atoms with Crippen LogP contribution in [-0.2, 0) is 0 Å². The molecule has 1 saturated heterocycles. The molecule has 3 aromatic rings. The van der Waals surface area contributed by atoms with Crippen LogP contribution < -0.4 is 15.1 Å². The zero-order chi connectivity index (χ0) is 24.2. The molecule has 1 fully saturated rings. The second-order valence-corrected chi connectivity index (χ2v) is 10.2. The lowest BCUT2D eigenvalue weighted by molar-refractivity contribution is 0.475. The maximum absolute atomic E-state index is 9.84. The molecule has 0 saturated carbocycles. The van der Waals surface area contributed by atoms with Gasteiger partial charge in [0.1, 0.15) is 5.75 Å². The Bertz CT molecular complexity index is 1290. The van der Waals surface area contributed by atoms with Crippen molar-refractivity contribution in [3.8, 4) is 5.75 Å². The molecule has 2 aromatic carbocycles. The van der Waals surface area contributed by atoms with Gasteiger partial charge >= 0.3 is 0 Å². The number of halogens is 1. The normalized spacial score (nSPS) is 21.2. The van der Waals surface area contributed by atoms with Crippen molar-refractivity contribution >= 4 is 45.9 Å². The maximum atomic E-state index is 9.84. The number of aromatic hydroxyl groups is 1. The number of fused-ring (bicyclic) bond motifs is 1. The zero-order valence-electron chi connectivity index (χ0n) is 19.6. The van der Waals surface area contributed by atoms with E-state index in [1.807, 2.05) is 30.3 Å². The third-order valence-corrected chi connectivity index (χ3v) is 7.52. The first kappa shape index (κ1) is 22.7. The van der Waals surface area contributed by atoms with Gasteiger partial charge in [-0.2, -0.15) is 0 Å². The molecule has 0 aliphatic carbocycles.